The molecule has 25 heavy (non-hydrogen) atoms. The summed E-state index contributed by atoms with van der Waals surface area (Å²) in [6.45, 7) is 6.62. The van der Waals surface area contributed by atoms with Crippen LogP contribution >= 0.6 is 0 Å². The Morgan fingerprint density at radius 2 is 2.16 bits per heavy atom. The van der Waals surface area contributed by atoms with Crippen molar-refractivity contribution in [1.82, 2.24) is 0 Å². The van der Waals surface area contributed by atoms with Crippen LogP contribution in [0.25, 0.3) is 0 Å². The zero-order chi connectivity index (χ0) is 18.6. The summed E-state index contributed by atoms with van der Waals surface area (Å²) in [7, 11) is 0. The lowest BCUT2D eigenvalue weighted by Crippen LogP contribution is -2.36. The third kappa shape index (κ3) is 4.58. The molecule has 0 aromatic heterocycles. The summed E-state index contributed by atoms with van der Waals surface area (Å²) in [4.78, 5) is 24.2. The van der Waals surface area contributed by atoms with Crippen molar-refractivity contribution in [3.8, 4) is 0 Å². The monoisotopic (exact) mass is 350 g/mol. The Kier molecular flexibility index (Phi) is 6.56. The third-order valence-corrected chi connectivity index (χ3v) is 4.83. The first-order valence-electron chi connectivity index (χ1n) is 8.53. The van der Waals surface area contributed by atoms with Gasteiger partial charge in [-0.2, -0.15) is 0 Å². The molecular formula is C19H26O6. The largest absolute Gasteiger partial charge is 0.458 e. The fraction of sp³-hybridized carbons (Fsp3) is 0.579. The summed E-state index contributed by atoms with van der Waals surface area (Å²) in [5.41, 5.74) is 1.81. The van der Waals surface area contributed by atoms with Gasteiger partial charge < -0.3 is 19.7 Å². The van der Waals surface area contributed by atoms with E-state index in [2.05, 4.69) is 6.58 Å². The molecule has 4 atom stereocenters. The van der Waals surface area contributed by atoms with Crippen molar-refractivity contribution in [2.45, 2.75) is 45.3 Å². The van der Waals surface area contributed by atoms with Gasteiger partial charge in [-0.1, -0.05) is 25.2 Å². The van der Waals surface area contributed by atoms with Gasteiger partial charge in [-0.15, -0.1) is 0 Å². The second kappa shape index (κ2) is 8.45. The summed E-state index contributed by atoms with van der Waals surface area (Å²) in [5.74, 6) is -1.81. The van der Waals surface area contributed by atoms with E-state index < -0.39 is 30.7 Å². The first-order chi connectivity index (χ1) is 11.9. The number of fused-ring (bicyclic) bond motifs is 1. The first kappa shape index (κ1) is 19.4. The molecule has 0 amide bonds. The molecule has 0 spiro atoms. The fourth-order valence-electron chi connectivity index (χ4n) is 3.33. The van der Waals surface area contributed by atoms with Crippen LogP contribution in [0.3, 0.4) is 0 Å². The average Bonchev–Trinajstić information content (AvgIpc) is 2.86. The number of carbonyl (C=O) groups is 2. The van der Waals surface area contributed by atoms with E-state index in [4.69, 9.17) is 14.6 Å². The Hall–Kier alpha value is -1.92. The van der Waals surface area contributed by atoms with Crippen LogP contribution < -0.4 is 0 Å². The molecule has 2 N–H and O–H groups in total. The smallest absolute Gasteiger partial charge is 0.336 e. The van der Waals surface area contributed by atoms with Crippen molar-refractivity contribution in [2.24, 2.45) is 11.8 Å². The van der Waals surface area contributed by atoms with Gasteiger partial charge in [0.05, 0.1) is 30.6 Å². The maximum Gasteiger partial charge on any atom is 0.336 e. The van der Waals surface area contributed by atoms with E-state index in [1.807, 2.05) is 13.0 Å². The Morgan fingerprint density at radius 3 is 2.80 bits per heavy atom. The molecule has 1 fully saturated rings. The van der Waals surface area contributed by atoms with Gasteiger partial charge in [-0.25, -0.2) is 4.79 Å². The highest BCUT2D eigenvalue weighted by molar-refractivity contribution is 5.88. The highest BCUT2D eigenvalue weighted by atomic mass is 16.6. The lowest BCUT2D eigenvalue weighted by molar-refractivity contribution is -0.148. The molecular weight excluding hydrogens is 324 g/mol. The molecule has 138 valence electrons. The van der Waals surface area contributed by atoms with Gasteiger partial charge in [0.25, 0.3) is 0 Å². The number of hydrogen-bond donors (Lipinski definition) is 2. The minimum absolute atomic E-state index is 0.0280. The van der Waals surface area contributed by atoms with Gasteiger partial charge in [0.2, 0.25) is 0 Å². The van der Waals surface area contributed by atoms with Gasteiger partial charge in [-0.05, 0) is 31.4 Å². The number of hydrogen-bond acceptors (Lipinski definition) is 6. The summed E-state index contributed by atoms with van der Waals surface area (Å²) in [6, 6.07) is 0. The minimum Gasteiger partial charge on any atom is -0.458 e. The van der Waals surface area contributed by atoms with E-state index in [-0.39, 0.29) is 24.1 Å². The molecule has 0 saturated carbocycles. The molecule has 6 nitrogen and oxygen atoms in total. The van der Waals surface area contributed by atoms with Gasteiger partial charge in [-0.3, -0.25) is 4.79 Å². The van der Waals surface area contributed by atoms with Crippen molar-refractivity contribution in [3.63, 3.8) is 0 Å². The maximum atomic E-state index is 12.1. The molecule has 1 aliphatic carbocycles. The molecule has 0 aromatic rings. The standard InChI is InChI=1S/C19H26O6/c1-11-5-4-6-14(10-21)8-16-17(13(3)19(23)25-16)15(7-11)24-18(22)12(2)9-20/h5,8,13,15-17,20-21H,2,4,6-7,9-10H2,1,3H3/b11-5+,14-8-/t13-,15+,16-,17-/m1/s1. The van der Waals surface area contributed by atoms with E-state index >= 15 is 0 Å². The molecule has 2 rings (SSSR count). The number of esters is 2. The second-order valence-corrected chi connectivity index (χ2v) is 6.75. The number of carbonyl (C=O) groups excluding carboxylic acids is 2. The SMILES string of the molecule is C=C(CO)C(=O)O[C@H]1C/C(C)=C/CC/C(CO)=C/[C@H]2OC(=O)[C@H](C)[C@H]12. The van der Waals surface area contributed by atoms with E-state index in [1.54, 1.807) is 13.0 Å². The Labute approximate surface area is 147 Å². The van der Waals surface area contributed by atoms with Crippen LogP contribution in [0.2, 0.25) is 0 Å². The maximum absolute atomic E-state index is 12.1. The number of aliphatic hydroxyl groups is 2. The summed E-state index contributed by atoms with van der Waals surface area (Å²) < 4.78 is 11.1. The quantitative estimate of drug-likeness (QED) is 0.455. The molecule has 1 heterocycles. The molecule has 1 aliphatic heterocycles. The topological polar surface area (TPSA) is 93.1 Å². The van der Waals surface area contributed by atoms with Crippen LogP contribution in [-0.2, 0) is 19.1 Å². The van der Waals surface area contributed by atoms with Crippen LogP contribution in [0.15, 0.2) is 35.5 Å². The van der Waals surface area contributed by atoms with E-state index in [0.717, 1.165) is 17.6 Å². The zero-order valence-corrected chi connectivity index (χ0v) is 14.7. The molecule has 0 aromatic carbocycles. The summed E-state index contributed by atoms with van der Waals surface area (Å²) in [6.07, 6.45) is 4.63. The lowest BCUT2D eigenvalue weighted by Gasteiger charge is -2.29. The number of rotatable bonds is 4. The average molecular weight is 350 g/mol. The molecule has 0 radical (unpaired) electrons. The Bertz CT molecular complexity index is 603. The second-order valence-electron chi connectivity index (χ2n) is 6.75. The Morgan fingerprint density at radius 1 is 1.44 bits per heavy atom. The van der Waals surface area contributed by atoms with Gasteiger partial charge >= 0.3 is 11.9 Å². The fourth-order valence-corrected chi connectivity index (χ4v) is 3.33. The van der Waals surface area contributed by atoms with Crippen LogP contribution in [0.4, 0.5) is 0 Å². The molecule has 1 saturated heterocycles. The Balaban J connectivity index is 2.37. The predicted molar refractivity (Wildman–Crippen MR) is 91.4 cm³/mol. The third-order valence-electron chi connectivity index (χ3n) is 4.83. The molecule has 6 heteroatoms. The van der Waals surface area contributed by atoms with E-state index in [0.29, 0.717) is 12.8 Å². The van der Waals surface area contributed by atoms with Crippen molar-refractivity contribution in [3.05, 3.63) is 35.5 Å². The van der Waals surface area contributed by atoms with Crippen LogP contribution in [0.1, 0.15) is 33.1 Å². The normalized spacial score (nSPS) is 34.0. The van der Waals surface area contributed by atoms with E-state index in [9.17, 15) is 14.7 Å². The molecule has 0 unspecified atom stereocenters. The van der Waals surface area contributed by atoms with Crippen LogP contribution in [-0.4, -0.2) is 47.6 Å². The van der Waals surface area contributed by atoms with E-state index in [1.165, 1.54) is 0 Å². The van der Waals surface area contributed by atoms with Crippen molar-refractivity contribution >= 4 is 11.9 Å². The minimum atomic E-state index is -0.672. The number of ether oxygens (including phenoxy) is 2. The van der Waals surface area contributed by atoms with Gasteiger partial charge in [0, 0.05) is 6.42 Å². The number of allylic oxidation sites excluding steroid dienone is 1. The van der Waals surface area contributed by atoms with Gasteiger partial charge in [0.1, 0.15) is 12.2 Å². The lowest BCUT2D eigenvalue weighted by atomic mass is 9.82. The summed E-state index contributed by atoms with van der Waals surface area (Å²) >= 11 is 0. The van der Waals surface area contributed by atoms with Crippen LogP contribution in [0, 0.1) is 11.8 Å². The zero-order valence-electron chi connectivity index (χ0n) is 14.7. The van der Waals surface area contributed by atoms with Crippen LogP contribution in [0.5, 0.6) is 0 Å². The highest BCUT2D eigenvalue weighted by Crippen LogP contribution is 2.37. The first-order valence-corrected chi connectivity index (χ1v) is 8.53. The van der Waals surface area contributed by atoms with Gasteiger partial charge in [0.15, 0.2) is 0 Å². The molecule has 2 aliphatic rings. The van der Waals surface area contributed by atoms with Crippen molar-refractivity contribution in [1.29, 1.82) is 0 Å². The van der Waals surface area contributed by atoms with Crippen molar-refractivity contribution in [2.75, 3.05) is 13.2 Å². The summed E-state index contributed by atoms with van der Waals surface area (Å²) in [5, 5.41) is 18.6. The number of aliphatic hydroxyl groups excluding tert-OH is 2. The highest BCUT2D eigenvalue weighted by Gasteiger charge is 2.47. The predicted octanol–water partition coefficient (Wildman–Crippen LogP) is 1.67. The van der Waals surface area contributed by atoms with Crippen molar-refractivity contribution < 1.29 is 29.3 Å². The molecule has 0 bridgehead atoms.